The molecule has 0 aliphatic heterocycles. The smallest absolute Gasteiger partial charge is 0.264 e. The molecule has 0 heterocycles. The SMILES string of the molecule is CC[C@@H](C)NC(=O)[C@H](Cc1ccccc1)N(Cc1cccc(Cl)c1)C(=O)CN(c1cccc(C)c1)S(=O)(=O)c1ccc(Cl)cc1. The number of carbonyl (C=O) groups excluding carboxylic acids is 2. The molecule has 4 aromatic carbocycles. The number of halogens is 2. The molecule has 0 aliphatic carbocycles. The van der Waals surface area contributed by atoms with E-state index in [1.807, 2.05) is 63.2 Å². The van der Waals surface area contributed by atoms with Gasteiger partial charge in [-0.25, -0.2) is 8.42 Å². The number of carbonyl (C=O) groups is 2. The number of rotatable bonds is 13. The van der Waals surface area contributed by atoms with Gasteiger partial charge >= 0.3 is 0 Å². The molecular formula is C35H37Cl2N3O4S. The molecule has 0 aromatic heterocycles. The van der Waals surface area contributed by atoms with Gasteiger partial charge in [0.1, 0.15) is 12.6 Å². The van der Waals surface area contributed by atoms with Gasteiger partial charge in [0.25, 0.3) is 10.0 Å². The van der Waals surface area contributed by atoms with Crippen LogP contribution < -0.4 is 9.62 Å². The van der Waals surface area contributed by atoms with Crippen molar-refractivity contribution in [2.45, 2.75) is 57.1 Å². The largest absolute Gasteiger partial charge is 0.352 e. The molecule has 0 bridgehead atoms. The van der Waals surface area contributed by atoms with E-state index in [1.165, 1.54) is 29.2 Å². The molecule has 0 saturated heterocycles. The molecule has 45 heavy (non-hydrogen) atoms. The number of sulfonamides is 1. The second-order valence-electron chi connectivity index (χ2n) is 11.0. The second-order valence-corrected chi connectivity index (χ2v) is 13.7. The summed E-state index contributed by atoms with van der Waals surface area (Å²) >= 11 is 12.4. The summed E-state index contributed by atoms with van der Waals surface area (Å²) in [5, 5.41) is 3.90. The van der Waals surface area contributed by atoms with Gasteiger partial charge in [-0.2, -0.15) is 0 Å². The maximum absolute atomic E-state index is 14.5. The molecule has 4 aromatic rings. The summed E-state index contributed by atoms with van der Waals surface area (Å²) in [4.78, 5) is 29.8. The fourth-order valence-electron chi connectivity index (χ4n) is 4.87. The Morgan fingerprint density at radius 3 is 2.13 bits per heavy atom. The molecule has 4 rings (SSSR count). The van der Waals surface area contributed by atoms with E-state index in [0.717, 1.165) is 15.4 Å². The van der Waals surface area contributed by atoms with Crippen molar-refractivity contribution in [1.29, 1.82) is 0 Å². The Hall–Kier alpha value is -3.85. The standard InChI is InChI=1S/C35H37Cl2N3O4S/c1-4-26(3)38-35(42)33(22-27-11-6-5-7-12-27)39(23-28-13-9-14-30(37)21-28)34(41)24-40(31-15-8-10-25(2)20-31)45(43,44)32-18-16-29(36)17-19-32/h5-21,26,33H,4,22-24H2,1-3H3,(H,38,42)/t26-,33+/m1/s1. The van der Waals surface area contributed by atoms with Crippen molar-refractivity contribution in [3.63, 3.8) is 0 Å². The van der Waals surface area contributed by atoms with Crippen LogP contribution in [0.4, 0.5) is 5.69 Å². The average molecular weight is 667 g/mol. The number of nitrogens with zero attached hydrogens (tertiary/aromatic N) is 2. The molecule has 1 N–H and O–H groups in total. The summed E-state index contributed by atoms with van der Waals surface area (Å²) in [6.45, 7) is 5.20. The van der Waals surface area contributed by atoms with Crippen molar-refractivity contribution >= 4 is 50.7 Å². The molecule has 7 nitrogen and oxygen atoms in total. The van der Waals surface area contributed by atoms with E-state index >= 15 is 0 Å². The minimum Gasteiger partial charge on any atom is -0.352 e. The van der Waals surface area contributed by atoms with E-state index in [-0.39, 0.29) is 29.8 Å². The Morgan fingerprint density at radius 2 is 1.49 bits per heavy atom. The number of anilines is 1. The minimum absolute atomic E-state index is 0.0158. The van der Waals surface area contributed by atoms with E-state index in [1.54, 1.807) is 36.4 Å². The monoisotopic (exact) mass is 665 g/mol. The fraction of sp³-hybridized carbons (Fsp3) is 0.257. The minimum atomic E-state index is -4.22. The van der Waals surface area contributed by atoms with Gasteiger partial charge in [0, 0.05) is 29.1 Å². The van der Waals surface area contributed by atoms with Gasteiger partial charge in [-0.15, -0.1) is 0 Å². The highest BCUT2D eigenvalue weighted by Crippen LogP contribution is 2.27. The molecule has 0 unspecified atom stereocenters. The normalized spacial score (nSPS) is 12.6. The quantitative estimate of drug-likeness (QED) is 0.166. The van der Waals surface area contributed by atoms with Crippen molar-refractivity contribution in [2.24, 2.45) is 0 Å². The van der Waals surface area contributed by atoms with Crippen molar-refractivity contribution in [2.75, 3.05) is 10.8 Å². The summed E-state index contributed by atoms with van der Waals surface area (Å²) in [7, 11) is -4.22. The Morgan fingerprint density at radius 1 is 0.822 bits per heavy atom. The van der Waals surface area contributed by atoms with Gasteiger partial charge in [-0.3, -0.25) is 13.9 Å². The van der Waals surface area contributed by atoms with Crippen molar-refractivity contribution in [3.05, 3.63) is 130 Å². The molecule has 0 spiro atoms. The molecule has 10 heteroatoms. The second kappa shape index (κ2) is 15.4. The van der Waals surface area contributed by atoms with Crippen molar-refractivity contribution in [3.8, 4) is 0 Å². The van der Waals surface area contributed by atoms with Gasteiger partial charge in [0.2, 0.25) is 11.8 Å². The Kier molecular flexibility index (Phi) is 11.7. The summed E-state index contributed by atoms with van der Waals surface area (Å²) < 4.78 is 29.3. The molecule has 0 aliphatic rings. The Labute approximate surface area is 275 Å². The van der Waals surface area contributed by atoms with E-state index in [0.29, 0.717) is 27.7 Å². The third-order valence-corrected chi connectivity index (χ3v) is 9.76. The molecule has 0 radical (unpaired) electrons. The zero-order chi connectivity index (χ0) is 32.6. The van der Waals surface area contributed by atoms with Gasteiger partial charge < -0.3 is 10.2 Å². The van der Waals surface area contributed by atoms with E-state index < -0.39 is 28.5 Å². The lowest BCUT2D eigenvalue weighted by Gasteiger charge is -2.34. The highest BCUT2D eigenvalue weighted by molar-refractivity contribution is 7.92. The average Bonchev–Trinajstić information content (AvgIpc) is 3.02. The topological polar surface area (TPSA) is 86.8 Å². The molecule has 0 saturated carbocycles. The third-order valence-electron chi connectivity index (χ3n) is 7.48. The Bertz CT molecular complexity index is 1720. The summed E-state index contributed by atoms with van der Waals surface area (Å²) in [5.41, 5.74) is 2.70. The van der Waals surface area contributed by atoms with Gasteiger partial charge in [0.15, 0.2) is 0 Å². The lowest BCUT2D eigenvalue weighted by Crippen LogP contribution is -2.54. The van der Waals surface area contributed by atoms with Crippen LogP contribution in [-0.4, -0.2) is 43.8 Å². The maximum Gasteiger partial charge on any atom is 0.264 e. The predicted molar refractivity (Wildman–Crippen MR) is 181 cm³/mol. The van der Waals surface area contributed by atoms with Crippen LogP contribution in [0.2, 0.25) is 10.0 Å². The number of hydrogen-bond acceptors (Lipinski definition) is 4. The van der Waals surface area contributed by atoms with Crippen LogP contribution in [0.3, 0.4) is 0 Å². The summed E-state index contributed by atoms with van der Waals surface area (Å²) in [6.07, 6.45) is 0.927. The number of aryl methyl sites for hydroxylation is 1. The first kappa shape index (κ1) is 34.0. The van der Waals surface area contributed by atoms with Gasteiger partial charge in [0.05, 0.1) is 10.6 Å². The molecule has 236 valence electrons. The number of benzene rings is 4. The first-order valence-electron chi connectivity index (χ1n) is 14.7. The highest BCUT2D eigenvalue weighted by atomic mass is 35.5. The number of amides is 2. The first-order valence-corrected chi connectivity index (χ1v) is 16.9. The lowest BCUT2D eigenvalue weighted by atomic mass is 10.0. The molecule has 0 fully saturated rings. The number of nitrogens with one attached hydrogen (secondary N) is 1. The molecule has 2 amide bonds. The maximum atomic E-state index is 14.5. The van der Waals surface area contributed by atoms with Crippen molar-refractivity contribution in [1.82, 2.24) is 10.2 Å². The van der Waals surface area contributed by atoms with Crippen molar-refractivity contribution < 1.29 is 18.0 Å². The van der Waals surface area contributed by atoms with Crippen LogP contribution in [0.25, 0.3) is 0 Å². The number of hydrogen-bond donors (Lipinski definition) is 1. The zero-order valence-corrected chi connectivity index (χ0v) is 27.8. The molecule has 2 atom stereocenters. The van der Waals surface area contributed by atoms with E-state index in [4.69, 9.17) is 23.2 Å². The van der Waals surface area contributed by atoms with Crippen LogP contribution in [-0.2, 0) is 32.6 Å². The Balaban J connectivity index is 1.81. The summed E-state index contributed by atoms with van der Waals surface area (Å²) in [6, 6.07) is 28.2. The fourth-order valence-corrected chi connectivity index (χ4v) is 6.62. The van der Waals surface area contributed by atoms with Crippen LogP contribution >= 0.6 is 23.2 Å². The highest BCUT2D eigenvalue weighted by Gasteiger charge is 2.35. The predicted octanol–water partition coefficient (Wildman–Crippen LogP) is 7.05. The van der Waals surface area contributed by atoms with Crippen LogP contribution in [0.1, 0.15) is 37.0 Å². The van der Waals surface area contributed by atoms with Gasteiger partial charge in [-0.05, 0) is 85.5 Å². The van der Waals surface area contributed by atoms with Gasteiger partial charge in [-0.1, -0.05) is 84.7 Å². The van der Waals surface area contributed by atoms with Crippen LogP contribution in [0, 0.1) is 6.92 Å². The lowest BCUT2D eigenvalue weighted by molar-refractivity contribution is -0.140. The summed E-state index contributed by atoms with van der Waals surface area (Å²) in [5.74, 6) is -0.875. The first-order chi connectivity index (χ1) is 21.5. The van der Waals surface area contributed by atoms with Crippen LogP contribution in [0.5, 0.6) is 0 Å². The van der Waals surface area contributed by atoms with E-state index in [9.17, 15) is 18.0 Å². The van der Waals surface area contributed by atoms with E-state index in [2.05, 4.69) is 5.32 Å². The molecular weight excluding hydrogens is 629 g/mol. The third kappa shape index (κ3) is 9.10. The van der Waals surface area contributed by atoms with Crippen LogP contribution in [0.15, 0.2) is 108 Å². The zero-order valence-electron chi connectivity index (χ0n) is 25.5.